The van der Waals surface area contributed by atoms with E-state index in [0.29, 0.717) is 42.4 Å². The fourth-order valence-electron chi connectivity index (χ4n) is 5.56. The molecule has 1 amide bonds. The van der Waals surface area contributed by atoms with Crippen molar-refractivity contribution in [3.8, 4) is 0 Å². The van der Waals surface area contributed by atoms with Gasteiger partial charge in [-0.1, -0.05) is 12.2 Å². The number of amides is 1. The summed E-state index contributed by atoms with van der Waals surface area (Å²) in [4.78, 5) is 15.4. The first-order valence-corrected chi connectivity index (χ1v) is 8.72. The number of ether oxygens (including phenoxy) is 1. The Hall–Kier alpha value is -0.680. The van der Waals surface area contributed by atoms with E-state index in [-0.39, 0.29) is 12.0 Å². The summed E-state index contributed by atoms with van der Waals surface area (Å²) in [6, 6.07) is 0. The molecule has 0 aromatic carbocycles. The number of hydrogen-bond acceptors (Lipinski definition) is 3. The van der Waals surface area contributed by atoms with Crippen LogP contribution in [-0.2, 0) is 9.53 Å². The van der Waals surface area contributed by atoms with Gasteiger partial charge in [0, 0.05) is 12.5 Å². The molecule has 1 saturated heterocycles. The third-order valence-electron chi connectivity index (χ3n) is 6.21. The summed E-state index contributed by atoms with van der Waals surface area (Å²) in [6.07, 6.45) is 6.31. The molecule has 1 atom stereocenters. The summed E-state index contributed by atoms with van der Waals surface area (Å²) in [7, 11) is 0. The highest BCUT2D eigenvalue weighted by Gasteiger charge is 2.51. The van der Waals surface area contributed by atoms with E-state index < -0.39 is 0 Å². The number of carbonyl (C=O) groups is 1. The molecule has 1 aliphatic heterocycles. The van der Waals surface area contributed by atoms with Crippen LogP contribution < -0.4 is 5.73 Å². The molecule has 0 aromatic heterocycles. The molecule has 4 saturated carbocycles. The fraction of sp³-hybridized carbons (Fsp3) is 0.875. The Morgan fingerprint density at radius 3 is 2.29 bits per heavy atom. The quantitative estimate of drug-likeness (QED) is 0.787. The van der Waals surface area contributed by atoms with Crippen LogP contribution in [0.1, 0.15) is 32.1 Å². The highest BCUT2D eigenvalue weighted by Crippen LogP contribution is 2.56. The van der Waals surface area contributed by atoms with Gasteiger partial charge in [-0.15, -0.1) is 0 Å². The smallest absolute Gasteiger partial charge is 0.226 e. The van der Waals surface area contributed by atoms with E-state index in [9.17, 15) is 4.79 Å². The SMILES string of the molecule is NC(=S)C1CN(C(=O)C2C3CC4CC(C3)CC2C4)CCO1. The second kappa shape index (κ2) is 5.20. The summed E-state index contributed by atoms with van der Waals surface area (Å²) < 4.78 is 5.57. The number of rotatable bonds is 2. The molecular formula is C16H24N2O2S. The van der Waals surface area contributed by atoms with Crippen molar-refractivity contribution < 1.29 is 9.53 Å². The van der Waals surface area contributed by atoms with Crippen molar-refractivity contribution in [3.63, 3.8) is 0 Å². The van der Waals surface area contributed by atoms with E-state index in [0.717, 1.165) is 11.8 Å². The molecule has 0 radical (unpaired) electrons. The summed E-state index contributed by atoms with van der Waals surface area (Å²) in [5, 5.41) is 0. The predicted octanol–water partition coefficient (Wildman–Crippen LogP) is 1.57. The van der Waals surface area contributed by atoms with E-state index >= 15 is 0 Å². The minimum Gasteiger partial charge on any atom is -0.391 e. The molecular weight excluding hydrogens is 284 g/mol. The van der Waals surface area contributed by atoms with E-state index in [1.807, 2.05) is 4.90 Å². The van der Waals surface area contributed by atoms with Crippen molar-refractivity contribution in [2.45, 2.75) is 38.2 Å². The van der Waals surface area contributed by atoms with Crippen molar-refractivity contribution in [2.24, 2.45) is 35.3 Å². The first-order chi connectivity index (χ1) is 10.1. The molecule has 21 heavy (non-hydrogen) atoms. The molecule has 5 heteroatoms. The lowest BCUT2D eigenvalue weighted by molar-refractivity contribution is -0.154. The molecule has 0 aromatic rings. The number of nitrogens with zero attached hydrogens (tertiary/aromatic N) is 1. The molecule has 4 nitrogen and oxygen atoms in total. The molecule has 116 valence electrons. The van der Waals surface area contributed by atoms with E-state index in [1.54, 1.807) is 0 Å². The van der Waals surface area contributed by atoms with Crippen LogP contribution in [0, 0.1) is 29.6 Å². The van der Waals surface area contributed by atoms with Gasteiger partial charge in [-0.05, 0) is 55.8 Å². The van der Waals surface area contributed by atoms with Gasteiger partial charge in [0.25, 0.3) is 0 Å². The van der Waals surface area contributed by atoms with Crippen molar-refractivity contribution in [1.82, 2.24) is 4.90 Å². The Kier molecular flexibility index (Phi) is 3.45. The van der Waals surface area contributed by atoms with Crippen molar-refractivity contribution in [1.29, 1.82) is 0 Å². The third-order valence-corrected chi connectivity index (χ3v) is 6.47. The number of carbonyl (C=O) groups excluding carboxylic acids is 1. The van der Waals surface area contributed by atoms with E-state index in [2.05, 4.69) is 0 Å². The third kappa shape index (κ3) is 2.38. The van der Waals surface area contributed by atoms with Crippen molar-refractivity contribution in [2.75, 3.05) is 19.7 Å². The van der Waals surface area contributed by atoms with Gasteiger partial charge in [0.2, 0.25) is 5.91 Å². The summed E-state index contributed by atoms with van der Waals surface area (Å²) >= 11 is 5.03. The molecule has 4 aliphatic carbocycles. The summed E-state index contributed by atoms with van der Waals surface area (Å²) in [5.74, 6) is 3.72. The molecule has 4 bridgehead atoms. The lowest BCUT2D eigenvalue weighted by Gasteiger charge is -2.54. The molecule has 2 N–H and O–H groups in total. The molecule has 0 spiro atoms. The van der Waals surface area contributed by atoms with Crippen LogP contribution in [0.2, 0.25) is 0 Å². The van der Waals surface area contributed by atoms with Crippen LogP contribution in [0.5, 0.6) is 0 Å². The van der Waals surface area contributed by atoms with Crippen LogP contribution in [0.4, 0.5) is 0 Å². The van der Waals surface area contributed by atoms with Crippen LogP contribution in [0.3, 0.4) is 0 Å². The molecule has 5 aliphatic rings. The van der Waals surface area contributed by atoms with Gasteiger partial charge in [0.1, 0.15) is 11.1 Å². The average molecular weight is 308 g/mol. The number of morpholine rings is 1. The van der Waals surface area contributed by atoms with E-state index in [1.165, 1.54) is 32.1 Å². The van der Waals surface area contributed by atoms with Gasteiger partial charge in [-0.3, -0.25) is 4.79 Å². The van der Waals surface area contributed by atoms with Crippen molar-refractivity contribution in [3.05, 3.63) is 0 Å². The second-order valence-corrected chi connectivity index (χ2v) is 7.97. The zero-order valence-electron chi connectivity index (χ0n) is 12.4. The Morgan fingerprint density at radius 2 is 1.71 bits per heavy atom. The highest BCUT2D eigenvalue weighted by atomic mass is 32.1. The van der Waals surface area contributed by atoms with E-state index in [4.69, 9.17) is 22.7 Å². The molecule has 1 heterocycles. The zero-order valence-corrected chi connectivity index (χ0v) is 13.2. The zero-order chi connectivity index (χ0) is 14.6. The monoisotopic (exact) mass is 308 g/mol. The minimum atomic E-state index is -0.255. The average Bonchev–Trinajstić information content (AvgIpc) is 2.46. The maximum atomic E-state index is 13.0. The van der Waals surface area contributed by atoms with Gasteiger partial charge in [0.15, 0.2) is 0 Å². The number of nitrogens with two attached hydrogens (primary N) is 1. The lowest BCUT2D eigenvalue weighted by atomic mass is 9.51. The van der Waals surface area contributed by atoms with Gasteiger partial charge < -0.3 is 15.4 Å². The lowest BCUT2D eigenvalue weighted by Crippen LogP contribution is -2.56. The number of hydrogen-bond donors (Lipinski definition) is 1. The van der Waals surface area contributed by atoms with Gasteiger partial charge >= 0.3 is 0 Å². The van der Waals surface area contributed by atoms with Gasteiger partial charge in [-0.25, -0.2) is 0 Å². The highest BCUT2D eigenvalue weighted by molar-refractivity contribution is 7.80. The van der Waals surface area contributed by atoms with Crippen LogP contribution in [0.25, 0.3) is 0 Å². The maximum Gasteiger partial charge on any atom is 0.226 e. The number of thiocarbonyl (C=S) groups is 1. The fourth-order valence-corrected chi connectivity index (χ4v) is 5.70. The molecule has 5 fully saturated rings. The van der Waals surface area contributed by atoms with Gasteiger partial charge in [0.05, 0.1) is 13.2 Å². The Balaban J connectivity index is 1.48. The topological polar surface area (TPSA) is 55.6 Å². The predicted molar refractivity (Wildman–Crippen MR) is 83.6 cm³/mol. The molecule has 1 unspecified atom stereocenters. The van der Waals surface area contributed by atoms with Crippen LogP contribution in [0.15, 0.2) is 0 Å². The first kappa shape index (κ1) is 13.9. The summed E-state index contributed by atoms with van der Waals surface area (Å²) in [5.41, 5.74) is 5.69. The summed E-state index contributed by atoms with van der Waals surface area (Å²) in [6.45, 7) is 1.80. The van der Waals surface area contributed by atoms with Gasteiger partial charge in [-0.2, -0.15) is 0 Å². The van der Waals surface area contributed by atoms with Crippen LogP contribution in [-0.4, -0.2) is 41.6 Å². The Labute approximate surface area is 131 Å². The van der Waals surface area contributed by atoms with Crippen molar-refractivity contribution >= 4 is 23.1 Å². The Bertz CT molecular complexity index is 439. The molecule has 5 rings (SSSR count). The first-order valence-electron chi connectivity index (χ1n) is 8.31. The maximum absolute atomic E-state index is 13.0. The Morgan fingerprint density at radius 1 is 1.10 bits per heavy atom. The van der Waals surface area contributed by atoms with Crippen LogP contribution >= 0.6 is 12.2 Å². The second-order valence-electron chi connectivity index (χ2n) is 7.50. The standard InChI is InChI=1S/C16H24N2O2S/c17-15(21)13-8-18(1-2-20-13)16(19)14-11-4-9-3-10(6-11)7-12(14)5-9/h9-14H,1-8H2,(H2,17,21). The largest absolute Gasteiger partial charge is 0.391 e. The normalized spacial score (nSPS) is 44.9. The minimum absolute atomic E-state index is 0.255.